The summed E-state index contributed by atoms with van der Waals surface area (Å²) in [7, 11) is 6.05. The van der Waals surface area contributed by atoms with Crippen molar-refractivity contribution in [2.75, 3.05) is 37.1 Å². The van der Waals surface area contributed by atoms with Gasteiger partial charge < -0.3 is 0 Å². The van der Waals surface area contributed by atoms with E-state index in [0.717, 1.165) is 75.0 Å². The molecule has 0 saturated carbocycles. The molecule has 0 radical (unpaired) electrons. The van der Waals surface area contributed by atoms with Crippen molar-refractivity contribution < 1.29 is 28.6 Å². The average Bonchev–Trinajstić information content (AvgIpc) is 3.13. The van der Waals surface area contributed by atoms with Crippen LogP contribution in [-0.2, 0) is 28.6 Å². The summed E-state index contributed by atoms with van der Waals surface area (Å²) >= 11 is -3.11. The third kappa shape index (κ3) is 29.2. The van der Waals surface area contributed by atoms with Crippen molar-refractivity contribution in [1.29, 1.82) is 0 Å². The Kier molecular flexibility index (Phi) is 36.1. The number of esters is 3. The topological polar surface area (TPSA) is 78.9 Å². The normalized spacial score (nSPS) is 14.4. The molecular weight excluding hydrogens is 803 g/mol. The van der Waals surface area contributed by atoms with Crippen LogP contribution in [0, 0.1) is 17.8 Å². The third-order valence-corrected chi connectivity index (χ3v) is 50.0. The van der Waals surface area contributed by atoms with Gasteiger partial charge in [0, 0.05) is 0 Å². The number of rotatable bonds is 37. The summed E-state index contributed by atoms with van der Waals surface area (Å²) in [5, 5.41) is 0. The van der Waals surface area contributed by atoms with Crippen LogP contribution in [0.1, 0.15) is 183 Å². The second-order valence-electron chi connectivity index (χ2n) is 14.3. The van der Waals surface area contributed by atoms with Gasteiger partial charge in [-0.3, -0.25) is 0 Å². The molecule has 3 atom stereocenters. The minimum absolute atomic E-state index is 0.0959. The van der Waals surface area contributed by atoms with E-state index >= 15 is 0 Å². The molecule has 0 aromatic heterocycles. The van der Waals surface area contributed by atoms with Gasteiger partial charge in [-0.25, -0.2) is 0 Å². The molecule has 0 spiro atoms. The second kappa shape index (κ2) is 35.9. The van der Waals surface area contributed by atoms with Crippen molar-refractivity contribution in [2.24, 2.45) is 17.8 Å². The van der Waals surface area contributed by atoms with Crippen molar-refractivity contribution in [2.45, 2.75) is 188 Å². The van der Waals surface area contributed by atoms with Crippen LogP contribution < -0.4 is 0 Å². The zero-order valence-electron chi connectivity index (χ0n) is 34.2. The van der Waals surface area contributed by atoms with Gasteiger partial charge in [-0.15, -0.1) is 0 Å². The fourth-order valence-corrected chi connectivity index (χ4v) is 44.7. The number of hydrogen-bond acceptors (Lipinski definition) is 9. The number of unbranched alkanes of at least 4 members (excludes halogenated alkanes) is 8. The Morgan fingerprint density at radius 1 is 0.451 bits per heavy atom. The molecule has 302 valence electrons. The fraction of sp³-hybridized carbons (Fsp3) is 0.927. The van der Waals surface area contributed by atoms with E-state index in [1.165, 1.54) is 62.2 Å². The van der Waals surface area contributed by atoms with E-state index in [1.807, 2.05) is 26.8 Å². The van der Waals surface area contributed by atoms with Crippen molar-refractivity contribution >= 4 is 59.0 Å². The molecule has 0 aliphatic rings. The summed E-state index contributed by atoms with van der Waals surface area (Å²) in [6, 6.07) is 0. The predicted octanol–water partition coefficient (Wildman–Crippen LogP) is 12.9. The second-order valence-corrected chi connectivity index (χ2v) is 48.4. The molecular formula is C41H80O6S3Sn. The first-order chi connectivity index (χ1) is 24.7. The first kappa shape index (κ1) is 51.3. The number of hydrogen-bond donors (Lipinski definition) is 0. The predicted molar refractivity (Wildman–Crippen MR) is 228 cm³/mol. The van der Waals surface area contributed by atoms with Gasteiger partial charge >= 0.3 is 330 Å². The van der Waals surface area contributed by atoms with E-state index < -0.39 is 14.2 Å². The molecule has 0 N–H and O–H groups in total. The first-order valence-electron chi connectivity index (χ1n) is 21.1. The first-order valence-corrected chi connectivity index (χ1v) is 36.6. The molecule has 0 bridgehead atoms. The summed E-state index contributed by atoms with van der Waals surface area (Å²) in [6.07, 6.45) is 22.1. The molecule has 0 aromatic rings. The standard InChI is InChI=1S/3C11H22O2S.C8H17.Sn/c3*1-3-5-6-10(4-2)9-13-11(12)7-8-14;1-3-5-7-8-6-4-2;/h3*10,14H,3-9H2,1-2H3;1,3-8H2,2H3;/q;;;;+3/p-3. The number of carbonyl (C=O) groups is 3. The van der Waals surface area contributed by atoms with Crippen molar-refractivity contribution in [3.63, 3.8) is 0 Å². The summed E-state index contributed by atoms with van der Waals surface area (Å²) in [5.41, 5.74) is 0. The monoisotopic (exact) mass is 884 g/mol. The van der Waals surface area contributed by atoms with Gasteiger partial charge in [-0.2, -0.15) is 0 Å². The molecule has 3 unspecified atom stereocenters. The van der Waals surface area contributed by atoms with Crippen LogP contribution in [0.5, 0.6) is 0 Å². The summed E-state index contributed by atoms with van der Waals surface area (Å²) in [5.74, 6) is 3.28. The van der Waals surface area contributed by atoms with Crippen LogP contribution in [-0.4, -0.2) is 69.2 Å². The average molecular weight is 884 g/mol. The maximum atomic E-state index is 12.9. The van der Waals surface area contributed by atoms with Gasteiger partial charge in [0.2, 0.25) is 0 Å². The Hall–Kier alpha value is 0.259. The molecule has 0 amide bonds. The molecule has 51 heavy (non-hydrogen) atoms. The summed E-state index contributed by atoms with van der Waals surface area (Å²) in [4.78, 5) is 38.6. The van der Waals surface area contributed by atoms with E-state index in [4.69, 9.17) is 14.2 Å². The molecule has 0 saturated heterocycles. The van der Waals surface area contributed by atoms with Crippen LogP contribution in [0.15, 0.2) is 0 Å². The van der Waals surface area contributed by atoms with E-state index in [-0.39, 0.29) is 17.9 Å². The van der Waals surface area contributed by atoms with Gasteiger partial charge in [0.15, 0.2) is 0 Å². The van der Waals surface area contributed by atoms with Crippen molar-refractivity contribution in [3.05, 3.63) is 0 Å². The third-order valence-electron chi connectivity index (χ3n) is 9.79. The van der Waals surface area contributed by atoms with Crippen LogP contribution in [0.4, 0.5) is 0 Å². The zero-order valence-corrected chi connectivity index (χ0v) is 39.5. The SMILES string of the molecule is CCCCCCC[CH2][Sn]([S]CCC(=O)OCC(CC)CCCC)([S]CCC(=O)OCC(CC)CCCC)[S]CCC(=O)OCC(CC)CCCC. The molecule has 0 aliphatic carbocycles. The van der Waals surface area contributed by atoms with E-state index in [0.29, 0.717) is 56.8 Å². The van der Waals surface area contributed by atoms with Gasteiger partial charge in [-0.1, -0.05) is 0 Å². The molecule has 0 aromatic carbocycles. The molecule has 0 fully saturated rings. The number of ether oxygens (including phenoxy) is 3. The van der Waals surface area contributed by atoms with Crippen LogP contribution in [0.2, 0.25) is 4.44 Å². The molecule has 6 nitrogen and oxygen atoms in total. The van der Waals surface area contributed by atoms with Crippen molar-refractivity contribution in [3.8, 4) is 0 Å². The molecule has 0 heterocycles. The van der Waals surface area contributed by atoms with E-state index in [2.05, 4.69) is 48.5 Å². The quantitative estimate of drug-likeness (QED) is 0.0262. The van der Waals surface area contributed by atoms with Gasteiger partial charge in [0.05, 0.1) is 0 Å². The zero-order chi connectivity index (χ0) is 38.0. The Morgan fingerprint density at radius 2 is 0.765 bits per heavy atom. The molecule has 10 heteroatoms. The summed E-state index contributed by atoms with van der Waals surface area (Å²) in [6.45, 7) is 17.0. The van der Waals surface area contributed by atoms with Gasteiger partial charge in [0.1, 0.15) is 0 Å². The Labute approximate surface area is 328 Å². The Morgan fingerprint density at radius 3 is 1.08 bits per heavy atom. The minimum atomic E-state index is -3.11. The molecule has 0 rings (SSSR count). The Bertz CT molecular complexity index is 755. The number of carbonyl (C=O) groups excluding carboxylic acids is 3. The summed E-state index contributed by atoms with van der Waals surface area (Å²) < 4.78 is 18.5. The van der Waals surface area contributed by atoms with E-state index in [9.17, 15) is 14.4 Å². The van der Waals surface area contributed by atoms with Crippen LogP contribution in [0.3, 0.4) is 0 Å². The maximum absolute atomic E-state index is 12.9. The Balaban J connectivity index is 5.57. The fourth-order valence-electron chi connectivity index (χ4n) is 5.88. The van der Waals surface area contributed by atoms with Crippen LogP contribution >= 0.6 is 26.8 Å². The van der Waals surface area contributed by atoms with Gasteiger partial charge in [-0.05, 0) is 0 Å². The van der Waals surface area contributed by atoms with Crippen molar-refractivity contribution in [1.82, 2.24) is 0 Å². The van der Waals surface area contributed by atoms with Crippen LogP contribution in [0.25, 0.3) is 0 Å². The van der Waals surface area contributed by atoms with Gasteiger partial charge in [0.25, 0.3) is 0 Å². The molecule has 0 aliphatic heterocycles. The van der Waals surface area contributed by atoms with E-state index in [1.54, 1.807) is 0 Å².